The Bertz CT molecular complexity index is 1710. The van der Waals surface area contributed by atoms with Gasteiger partial charge in [-0.3, -0.25) is 9.59 Å². The minimum Gasteiger partial charge on any atom is -0.477 e. The maximum absolute atomic E-state index is 12.1. The van der Waals surface area contributed by atoms with Gasteiger partial charge >= 0.3 is 11.9 Å². The molecule has 10 nitrogen and oxygen atoms in total. The second-order valence-electron chi connectivity index (χ2n) is 9.10. The average molecular weight is 535 g/mol. The normalized spacial score (nSPS) is 10.8. The minimum absolute atomic E-state index is 0.220. The summed E-state index contributed by atoms with van der Waals surface area (Å²) in [7, 11) is 0. The molecule has 0 radical (unpaired) electrons. The van der Waals surface area contributed by atoms with E-state index in [1.165, 1.54) is 26.0 Å². The standard InChI is InChI=1S/C30H22N4O6/c1-15(35)31-19-7-3-17(4-8-19)23-13-25(29(37)38)33-27-21(23)11-12-22-24(14-26(30(39)40)34-28(22)27)18-5-9-20(10-6-18)32-16(2)36/h3-14H,1-2H3,(H,31,35)(H,32,36)(H,37,38)(H,39,40). The lowest BCUT2D eigenvalue weighted by Crippen LogP contribution is -2.06. The summed E-state index contributed by atoms with van der Waals surface area (Å²) >= 11 is 0. The Morgan fingerprint density at radius 1 is 0.575 bits per heavy atom. The molecule has 0 aliphatic heterocycles. The van der Waals surface area contributed by atoms with Crippen LogP contribution in [0.25, 0.3) is 44.1 Å². The fraction of sp³-hybridized carbons (Fsp3) is 0.0667. The van der Waals surface area contributed by atoms with E-state index in [0.717, 1.165) is 0 Å². The van der Waals surface area contributed by atoms with Gasteiger partial charge in [0, 0.05) is 36.0 Å². The molecule has 40 heavy (non-hydrogen) atoms. The third-order valence-corrected chi connectivity index (χ3v) is 6.23. The van der Waals surface area contributed by atoms with Gasteiger partial charge in [0.1, 0.15) is 11.4 Å². The maximum atomic E-state index is 12.1. The van der Waals surface area contributed by atoms with Crippen LogP contribution in [0.3, 0.4) is 0 Å². The van der Waals surface area contributed by atoms with Crippen LogP contribution in [-0.2, 0) is 9.59 Å². The van der Waals surface area contributed by atoms with Gasteiger partial charge in [0.05, 0.1) is 11.0 Å². The average Bonchev–Trinajstić information content (AvgIpc) is 2.92. The molecule has 2 aromatic heterocycles. The van der Waals surface area contributed by atoms with Gasteiger partial charge in [-0.05, 0) is 58.7 Å². The van der Waals surface area contributed by atoms with Crippen molar-refractivity contribution < 1.29 is 29.4 Å². The first kappa shape index (κ1) is 26.0. The highest BCUT2D eigenvalue weighted by Gasteiger charge is 2.19. The summed E-state index contributed by atoms with van der Waals surface area (Å²) < 4.78 is 0. The number of fused-ring (bicyclic) bond motifs is 3. The van der Waals surface area contributed by atoms with Gasteiger partial charge in [-0.15, -0.1) is 0 Å². The number of aromatic nitrogens is 2. The number of amides is 2. The number of carboxylic acid groups (broad SMARTS) is 2. The number of carbonyl (C=O) groups excluding carboxylic acids is 2. The number of aromatic carboxylic acids is 2. The zero-order valence-electron chi connectivity index (χ0n) is 21.4. The zero-order chi connectivity index (χ0) is 28.6. The Labute approximate surface area is 227 Å². The van der Waals surface area contributed by atoms with Crippen LogP contribution in [0.1, 0.15) is 34.8 Å². The van der Waals surface area contributed by atoms with Gasteiger partial charge in [0.2, 0.25) is 11.8 Å². The summed E-state index contributed by atoms with van der Waals surface area (Å²) in [5.74, 6) is -2.94. The van der Waals surface area contributed by atoms with Crippen LogP contribution in [-0.4, -0.2) is 43.9 Å². The Balaban J connectivity index is 1.77. The molecule has 2 amide bonds. The number of benzene rings is 3. The number of pyridine rings is 2. The molecule has 10 heteroatoms. The van der Waals surface area contributed by atoms with Gasteiger partial charge in [-0.2, -0.15) is 0 Å². The molecule has 0 spiro atoms. The van der Waals surface area contributed by atoms with Gasteiger partial charge in [-0.25, -0.2) is 19.6 Å². The van der Waals surface area contributed by atoms with Crippen LogP contribution in [0.5, 0.6) is 0 Å². The molecule has 4 N–H and O–H groups in total. The lowest BCUT2D eigenvalue weighted by molar-refractivity contribution is -0.115. The summed E-state index contributed by atoms with van der Waals surface area (Å²) in [6.07, 6.45) is 0. The molecular formula is C30H22N4O6. The van der Waals surface area contributed by atoms with Crippen LogP contribution in [0.2, 0.25) is 0 Å². The van der Waals surface area contributed by atoms with E-state index in [0.29, 0.717) is 44.4 Å². The highest BCUT2D eigenvalue weighted by molar-refractivity contribution is 6.14. The molecule has 5 rings (SSSR count). The Morgan fingerprint density at radius 2 is 0.925 bits per heavy atom. The lowest BCUT2D eigenvalue weighted by atomic mass is 9.95. The molecule has 2 heterocycles. The van der Waals surface area contributed by atoms with Crippen molar-refractivity contribution in [2.45, 2.75) is 13.8 Å². The number of carboxylic acids is 2. The number of carbonyl (C=O) groups is 4. The molecule has 0 saturated heterocycles. The molecule has 3 aromatic carbocycles. The molecule has 0 unspecified atom stereocenters. The van der Waals surface area contributed by atoms with Crippen molar-refractivity contribution in [1.82, 2.24) is 9.97 Å². The van der Waals surface area contributed by atoms with E-state index in [-0.39, 0.29) is 34.2 Å². The van der Waals surface area contributed by atoms with E-state index in [1.807, 2.05) is 0 Å². The lowest BCUT2D eigenvalue weighted by Gasteiger charge is -2.14. The number of rotatable bonds is 6. The molecule has 0 aliphatic rings. The predicted octanol–water partition coefficient (Wildman–Crippen LogP) is 5.43. The molecule has 198 valence electrons. The van der Waals surface area contributed by atoms with Crippen LogP contribution in [0, 0.1) is 0 Å². The van der Waals surface area contributed by atoms with E-state index in [2.05, 4.69) is 20.6 Å². The first-order valence-electron chi connectivity index (χ1n) is 12.1. The van der Waals surface area contributed by atoms with Gasteiger partial charge in [-0.1, -0.05) is 36.4 Å². The van der Waals surface area contributed by atoms with Crippen LogP contribution in [0.4, 0.5) is 11.4 Å². The van der Waals surface area contributed by atoms with Crippen molar-refractivity contribution in [2.75, 3.05) is 10.6 Å². The SMILES string of the molecule is CC(=O)Nc1ccc(-c2cc(C(=O)O)nc3c2ccc2c(-c4ccc(NC(C)=O)cc4)cc(C(=O)O)nc23)cc1. The number of nitrogens with one attached hydrogen (secondary N) is 2. The van der Waals surface area contributed by atoms with Crippen LogP contribution in [0.15, 0.2) is 72.8 Å². The zero-order valence-corrected chi connectivity index (χ0v) is 21.4. The summed E-state index contributed by atoms with van der Waals surface area (Å²) in [6, 6.07) is 20.3. The summed E-state index contributed by atoms with van der Waals surface area (Å²) in [6.45, 7) is 2.80. The topological polar surface area (TPSA) is 159 Å². The molecule has 0 aliphatic carbocycles. The third-order valence-electron chi connectivity index (χ3n) is 6.23. The van der Waals surface area contributed by atoms with Crippen molar-refractivity contribution in [3.63, 3.8) is 0 Å². The van der Waals surface area contributed by atoms with Crippen molar-refractivity contribution in [3.8, 4) is 22.3 Å². The molecule has 0 atom stereocenters. The van der Waals surface area contributed by atoms with Gasteiger partial charge < -0.3 is 20.8 Å². The predicted molar refractivity (Wildman–Crippen MR) is 150 cm³/mol. The first-order chi connectivity index (χ1) is 19.1. The van der Waals surface area contributed by atoms with E-state index in [9.17, 15) is 29.4 Å². The maximum Gasteiger partial charge on any atom is 0.354 e. The molecule has 0 fully saturated rings. The Morgan fingerprint density at radius 3 is 1.23 bits per heavy atom. The molecule has 0 saturated carbocycles. The second-order valence-corrected chi connectivity index (χ2v) is 9.10. The summed E-state index contributed by atoms with van der Waals surface area (Å²) in [5.41, 5.74) is 3.63. The Hall–Kier alpha value is -5.64. The van der Waals surface area contributed by atoms with Crippen molar-refractivity contribution in [2.24, 2.45) is 0 Å². The van der Waals surface area contributed by atoms with E-state index in [1.54, 1.807) is 60.7 Å². The number of nitrogens with zero attached hydrogens (tertiary/aromatic N) is 2. The minimum atomic E-state index is -1.25. The highest BCUT2D eigenvalue weighted by atomic mass is 16.4. The second kappa shape index (κ2) is 10.3. The molecule has 5 aromatic rings. The van der Waals surface area contributed by atoms with Gasteiger partial charge in [0.15, 0.2) is 0 Å². The fourth-order valence-electron chi connectivity index (χ4n) is 4.54. The third kappa shape index (κ3) is 5.05. The largest absolute Gasteiger partial charge is 0.477 e. The quantitative estimate of drug-likeness (QED) is 0.210. The summed E-state index contributed by atoms with van der Waals surface area (Å²) in [5, 5.41) is 26.2. The number of anilines is 2. The van der Waals surface area contributed by atoms with Crippen molar-refractivity contribution in [3.05, 3.63) is 84.2 Å². The number of hydrogen-bond acceptors (Lipinski definition) is 6. The van der Waals surface area contributed by atoms with E-state index < -0.39 is 11.9 Å². The van der Waals surface area contributed by atoms with E-state index >= 15 is 0 Å². The first-order valence-corrected chi connectivity index (χ1v) is 12.1. The smallest absolute Gasteiger partial charge is 0.354 e. The summed E-state index contributed by atoms with van der Waals surface area (Å²) in [4.78, 5) is 55.7. The van der Waals surface area contributed by atoms with Crippen LogP contribution >= 0.6 is 0 Å². The van der Waals surface area contributed by atoms with E-state index in [4.69, 9.17) is 0 Å². The van der Waals surface area contributed by atoms with Crippen molar-refractivity contribution in [1.29, 1.82) is 0 Å². The fourth-order valence-corrected chi connectivity index (χ4v) is 4.54. The van der Waals surface area contributed by atoms with Gasteiger partial charge in [0.25, 0.3) is 0 Å². The number of hydrogen-bond donors (Lipinski definition) is 4. The Kier molecular flexibility index (Phi) is 6.66. The van der Waals surface area contributed by atoms with Crippen LogP contribution < -0.4 is 10.6 Å². The molecular weight excluding hydrogens is 512 g/mol. The monoisotopic (exact) mass is 534 g/mol. The van der Waals surface area contributed by atoms with Crippen molar-refractivity contribution >= 4 is 56.9 Å². The molecule has 0 bridgehead atoms. The highest BCUT2D eigenvalue weighted by Crippen LogP contribution is 2.37.